The van der Waals surface area contributed by atoms with Crippen LogP contribution in [0.25, 0.3) is 0 Å². The molecule has 1 aliphatic rings. The molecule has 0 nitrogen and oxygen atoms in total. The summed E-state index contributed by atoms with van der Waals surface area (Å²) in [5.74, 6) is 0. The van der Waals surface area contributed by atoms with E-state index in [0.29, 0.717) is 0 Å². The Bertz CT molecular complexity index is 228. The van der Waals surface area contributed by atoms with Gasteiger partial charge >= 0.3 is 0 Å². The maximum Gasteiger partial charge on any atom is -0.0169 e. The summed E-state index contributed by atoms with van der Waals surface area (Å²) in [6, 6.07) is 0. The Morgan fingerprint density at radius 1 is 0.714 bits per heavy atom. The molecule has 0 aromatic carbocycles. The summed E-state index contributed by atoms with van der Waals surface area (Å²) in [5, 5.41) is 0. The summed E-state index contributed by atoms with van der Waals surface area (Å²) in [5.41, 5.74) is 0. The summed E-state index contributed by atoms with van der Waals surface area (Å²) < 4.78 is 0. The van der Waals surface area contributed by atoms with Crippen LogP contribution in [0.15, 0.2) is 42.5 Å². The standard InChI is InChI=1S/C14H19/c1-2-4-6-8-10-12-14-13-11-9-7-5-3-1/h1-2,5,7-8,12,14H,3-4,6,9,11,13H2/b2-1+,7-5+,10-8?,14-12+. The van der Waals surface area contributed by atoms with Crippen LogP contribution in [0.3, 0.4) is 0 Å². The lowest BCUT2D eigenvalue weighted by Crippen LogP contribution is -1.71. The predicted molar refractivity (Wildman–Crippen MR) is 62.9 cm³/mol. The van der Waals surface area contributed by atoms with E-state index < -0.39 is 0 Å². The molecule has 75 valence electrons. The van der Waals surface area contributed by atoms with Gasteiger partial charge in [-0.1, -0.05) is 42.5 Å². The van der Waals surface area contributed by atoms with E-state index in [4.69, 9.17) is 0 Å². The highest BCUT2D eigenvalue weighted by Gasteiger charge is 1.81. The predicted octanol–water partition coefficient (Wildman–Crippen LogP) is 4.37. The maximum absolute atomic E-state index is 3.18. The molecule has 0 atom stereocenters. The Labute approximate surface area is 87.7 Å². The van der Waals surface area contributed by atoms with Crippen LogP contribution < -0.4 is 0 Å². The molecule has 0 aliphatic heterocycles. The fraction of sp³-hybridized carbons (Fsp3) is 0.429. The lowest BCUT2D eigenvalue weighted by molar-refractivity contribution is 0.865. The van der Waals surface area contributed by atoms with Gasteiger partial charge in [-0.3, -0.25) is 0 Å². The Kier molecular flexibility index (Phi) is 6.74. The van der Waals surface area contributed by atoms with Crippen molar-refractivity contribution in [1.29, 1.82) is 0 Å². The van der Waals surface area contributed by atoms with Crippen molar-refractivity contribution in [2.24, 2.45) is 0 Å². The minimum atomic E-state index is 1.09. The zero-order valence-corrected chi connectivity index (χ0v) is 8.78. The van der Waals surface area contributed by atoms with Gasteiger partial charge in [0.05, 0.1) is 0 Å². The average molecular weight is 187 g/mol. The second kappa shape index (κ2) is 8.55. The third-order valence-electron chi connectivity index (χ3n) is 2.16. The monoisotopic (exact) mass is 187 g/mol. The molecular formula is C14H19. The third-order valence-corrected chi connectivity index (χ3v) is 2.16. The molecular weight excluding hydrogens is 168 g/mol. The quantitative estimate of drug-likeness (QED) is 0.494. The first-order chi connectivity index (χ1) is 7.00. The first-order valence-electron chi connectivity index (χ1n) is 5.53. The van der Waals surface area contributed by atoms with Gasteiger partial charge in [0, 0.05) is 0 Å². The Morgan fingerprint density at radius 3 is 2.43 bits per heavy atom. The second-order valence-electron chi connectivity index (χ2n) is 3.46. The van der Waals surface area contributed by atoms with Crippen molar-refractivity contribution in [1.82, 2.24) is 0 Å². The molecule has 1 aliphatic carbocycles. The van der Waals surface area contributed by atoms with Crippen LogP contribution in [-0.4, -0.2) is 0 Å². The fourth-order valence-corrected chi connectivity index (χ4v) is 1.34. The smallest absolute Gasteiger partial charge is 0.0169 e. The van der Waals surface area contributed by atoms with E-state index in [9.17, 15) is 0 Å². The topological polar surface area (TPSA) is 0 Å². The molecule has 0 bridgehead atoms. The molecule has 0 heterocycles. The third kappa shape index (κ3) is 6.47. The van der Waals surface area contributed by atoms with Gasteiger partial charge in [-0.25, -0.2) is 0 Å². The van der Waals surface area contributed by atoms with Crippen LogP contribution in [0.4, 0.5) is 0 Å². The zero-order valence-electron chi connectivity index (χ0n) is 8.78. The summed E-state index contributed by atoms with van der Waals surface area (Å²) in [7, 11) is 0. The van der Waals surface area contributed by atoms with Gasteiger partial charge < -0.3 is 0 Å². The molecule has 0 saturated carbocycles. The summed E-state index contributed by atoms with van der Waals surface area (Å²) in [6.07, 6.45) is 25.5. The largest absolute Gasteiger partial charge is 0.0882 e. The number of hydrogen-bond donors (Lipinski definition) is 0. The van der Waals surface area contributed by atoms with Gasteiger partial charge in [0.2, 0.25) is 0 Å². The van der Waals surface area contributed by atoms with Crippen LogP contribution in [-0.2, 0) is 0 Å². The van der Waals surface area contributed by atoms with Crippen LogP contribution in [0, 0.1) is 6.08 Å². The Hall–Kier alpha value is -1.04. The van der Waals surface area contributed by atoms with Gasteiger partial charge in [-0.15, -0.1) is 0 Å². The number of rotatable bonds is 0. The van der Waals surface area contributed by atoms with Crippen LogP contribution in [0.2, 0.25) is 0 Å². The van der Waals surface area contributed by atoms with E-state index >= 15 is 0 Å². The van der Waals surface area contributed by atoms with Gasteiger partial charge in [0.25, 0.3) is 0 Å². The SMILES string of the molecule is [C]1=C/CC/C=C/C/C=C/CCC/C=C/1. The molecule has 0 unspecified atom stereocenters. The van der Waals surface area contributed by atoms with E-state index in [2.05, 4.69) is 42.5 Å². The molecule has 1 rings (SSSR count). The van der Waals surface area contributed by atoms with Gasteiger partial charge in [0.1, 0.15) is 0 Å². The van der Waals surface area contributed by atoms with E-state index in [1.165, 1.54) is 19.3 Å². The molecule has 1 radical (unpaired) electrons. The van der Waals surface area contributed by atoms with Crippen LogP contribution >= 0.6 is 0 Å². The van der Waals surface area contributed by atoms with Crippen molar-refractivity contribution < 1.29 is 0 Å². The highest BCUT2D eigenvalue weighted by molar-refractivity contribution is 4.98. The van der Waals surface area contributed by atoms with Gasteiger partial charge in [-0.05, 0) is 44.6 Å². The lowest BCUT2D eigenvalue weighted by atomic mass is 10.2. The second-order valence-corrected chi connectivity index (χ2v) is 3.46. The summed E-state index contributed by atoms with van der Waals surface area (Å²) in [4.78, 5) is 0. The number of hydrogen-bond acceptors (Lipinski definition) is 0. The first kappa shape index (κ1) is 11.0. The van der Waals surface area contributed by atoms with Crippen molar-refractivity contribution in [3.05, 3.63) is 48.6 Å². The van der Waals surface area contributed by atoms with Crippen LogP contribution in [0.5, 0.6) is 0 Å². The van der Waals surface area contributed by atoms with Crippen molar-refractivity contribution in [2.45, 2.75) is 38.5 Å². The fourth-order valence-electron chi connectivity index (χ4n) is 1.34. The summed E-state index contributed by atoms with van der Waals surface area (Å²) in [6.45, 7) is 0. The van der Waals surface area contributed by atoms with Crippen molar-refractivity contribution in [3.63, 3.8) is 0 Å². The van der Waals surface area contributed by atoms with E-state index in [-0.39, 0.29) is 0 Å². The molecule has 0 amide bonds. The highest BCUT2D eigenvalue weighted by Crippen LogP contribution is 2.01. The minimum Gasteiger partial charge on any atom is -0.0882 e. The Morgan fingerprint density at radius 2 is 1.50 bits per heavy atom. The molecule has 0 saturated heterocycles. The normalized spacial score (nSPS) is 28.6. The number of allylic oxidation sites excluding steroid dienone is 8. The van der Waals surface area contributed by atoms with Gasteiger partial charge in [-0.2, -0.15) is 0 Å². The minimum absolute atomic E-state index is 1.09. The lowest BCUT2D eigenvalue weighted by Gasteiger charge is -1.91. The molecule has 0 aromatic heterocycles. The molecule has 0 N–H and O–H groups in total. The highest BCUT2D eigenvalue weighted by atomic mass is 13.9. The average Bonchev–Trinajstić information content (AvgIpc) is 2.22. The van der Waals surface area contributed by atoms with Crippen molar-refractivity contribution in [3.8, 4) is 0 Å². The van der Waals surface area contributed by atoms with Gasteiger partial charge in [0.15, 0.2) is 0 Å². The molecule has 0 aromatic rings. The first-order valence-corrected chi connectivity index (χ1v) is 5.53. The van der Waals surface area contributed by atoms with E-state index in [1.54, 1.807) is 0 Å². The molecule has 0 heteroatoms. The Balaban J connectivity index is 2.34. The zero-order chi connectivity index (χ0) is 9.90. The van der Waals surface area contributed by atoms with E-state index in [1.807, 2.05) is 6.08 Å². The molecule has 0 fully saturated rings. The van der Waals surface area contributed by atoms with Crippen molar-refractivity contribution in [2.75, 3.05) is 0 Å². The maximum atomic E-state index is 3.18. The van der Waals surface area contributed by atoms with Crippen molar-refractivity contribution >= 4 is 0 Å². The molecule has 0 spiro atoms. The van der Waals surface area contributed by atoms with Crippen LogP contribution in [0.1, 0.15) is 38.5 Å². The van der Waals surface area contributed by atoms with E-state index in [0.717, 1.165) is 19.3 Å². The molecule has 14 heavy (non-hydrogen) atoms. The summed E-state index contributed by atoms with van der Waals surface area (Å²) >= 11 is 0.